The fraction of sp³-hybridized carbons (Fsp3) is 0.0612. The average molecular weight is 741 g/mol. The third-order valence-electron chi connectivity index (χ3n) is 11.6. The highest BCUT2D eigenvalue weighted by atomic mass is 16.4. The van der Waals surface area contributed by atoms with Gasteiger partial charge in [0.05, 0.1) is 40.6 Å². The predicted molar refractivity (Wildman–Crippen MR) is 229 cm³/mol. The third-order valence-corrected chi connectivity index (χ3v) is 11.6. The minimum Gasteiger partial charge on any atom is -0.422 e. The summed E-state index contributed by atoms with van der Waals surface area (Å²) in [6.45, 7) is 1.94. The number of benzene rings is 6. The minimum atomic E-state index is -0.437. The van der Waals surface area contributed by atoms with Crippen molar-refractivity contribution >= 4 is 65.3 Å². The number of hydrogen-bond acceptors (Lipinski definition) is 6. The first kappa shape index (κ1) is 32.8. The van der Waals surface area contributed by atoms with E-state index < -0.39 is 5.63 Å². The number of nitrogens with zero attached hydrogens (tertiary/aromatic N) is 4. The Morgan fingerprint density at radius 1 is 0.526 bits per heavy atom. The van der Waals surface area contributed by atoms with Crippen LogP contribution in [0.2, 0.25) is 0 Å². The van der Waals surface area contributed by atoms with E-state index in [0.717, 1.165) is 82.2 Å². The van der Waals surface area contributed by atoms with Crippen LogP contribution in [0.3, 0.4) is 0 Å². The Bertz CT molecular complexity index is 3610. The van der Waals surface area contributed by atoms with Crippen LogP contribution in [0.4, 0.5) is 0 Å². The van der Waals surface area contributed by atoms with Crippen molar-refractivity contribution in [3.8, 4) is 45.0 Å². The Hall–Kier alpha value is -7.58. The first-order valence-corrected chi connectivity index (χ1v) is 18.7. The summed E-state index contributed by atoms with van der Waals surface area (Å²) in [6, 6.07) is 42.6. The van der Waals surface area contributed by atoms with Crippen LogP contribution in [0.1, 0.15) is 5.56 Å². The number of aromatic nitrogens is 4. The monoisotopic (exact) mass is 740 g/mol. The Balaban J connectivity index is 0.941. The van der Waals surface area contributed by atoms with Gasteiger partial charge >= 0.3 is 11.3 Å². The summed E-state index contributed by atoms with van der Waals surface area (Å²) in [5, 5.41) is 8.08. The highest BCUT2D eigenvalue weighted by Gasteiger charge is 2.19. The van der Waals surface area contributed by atoms with Crippen LogP contribution >= 0.6 is 0 Å². The van der Waals surface area contributed by atoms with Crippen molar-refractivity contribution < 1.29 is 8.83 Å². The number of fused-ring (bicyclic) bond motifs is 9. The maximum atomic E-state index is 13.4. The van der Waals surface area contributed by atoms with E-state index >= 15 is 0 Å². The zero-order valence-electron chi connectivity index (χ0n) is 31.2. The van der Waals surface area contributed by atoms with Gasteiger partial charge in [0.25, 0.3) is 0 Å². The summed E-state index contributed by atoms with van der Waals surface area (Å²) >= 11 is 0. The zero-order chi connectivity index (χ0) is 38.5. The van der Waals surface area contributed by atoms with E-state index in [0.29, 0.717) is 33.7 Å². The standard InChI is InChI=1S/C49H32N4O4/c1-27-45-33-10-6-4-8-28(33)16-21-44(45)56-49(55)46(27)39-26-50-38(25-51-39)30-14-17-35-36-18-15-31(24-43(36)53(3)42(35)23-30)40-19-20-41(52(40)2)37-22-32-13-12-29-9-5-7-11-34(29)47(32)57-48(37)54/h4-26H,1-3H3. The van der Waals surface area contributed by atoms with Gasteiger partial charge in [0.1, 0.15) is 11.2 Å². The molecule has 8 heteroatoms. The topological polar surface area (TPSA) is 96.1 Å². The van der Waals surface area contributed by atoms with Crippen LogP contribution < -0.4 is 11.3 Å². The lowest BCUT2D eigenvalue weighted by Crippen LogP contribution is -2.07. The summed E-state index contributed by atoms with van der Waals surface area (Å²) in [7, 11) is 4.05. The largest absolute Gasteiger partial charge is 0.422 e. The van der Waals surface area contributed by atoms with Gasteiger partial charge in [0.2, 0.25) is 0 Å². The molecule has 0 fully saturated rings. The van der Waals surface area contributed by atoms with Gasteiger partial charge in [-0.3, -0.25) is 9.97 Å². The van der Waals surface area contributed by atoms with Crippen molar-refractivity contribution in [1.29, 1.82) is 0 Å². The van der Waals surface area contributed by atoms with E-state index in [4.69, 9.17) is 18.8 Å². The van der Waals surface area contributed by atoms with Gasteiger partial charge < -0.3 is 18.0 Å². The van der Waals surface area contributed by atoms with Gasteiger partial charge in [-0.2, -0.15) is 0 Å². The molecule has 0 bridgehead atoms. The summed E-state index contributed by atoms with van der Waals surface area (Å²) in [4.78, 5) is 36.2. The highest BCUT2D eigenvalue weighted by Crippen LogP contribution is 2.37. The van der Waals surface area contributed by atoms with Crippen LogP contribution in [0.5, 0.6) is 0 Å². The van der Waals surface area contributed by atoms with E-state index in [2.05, 4.69) is 70.8 Å². The molecule has 5 heterocycles. The van der Waals surface area contributed by atoms with Gasteiger partial charge in [-0.25, -0.2) is 9.59 Å². The lowest BCUT2D eigenvalue weighted by atomic mass is 9.98. The SMILES string of the molecule is Cc1c(-c2cnc(-c3ccc4c5ccc(-c6ccc(-c7cc8ccc9ccccc9c8oc7=O)n6C)cc5n(C)c4c3)cn2)c(=O)oc2ccc3ccccc3c12. The molecule has 0 saturated heterocycles. The second-order valence-corrected chi connectivity index (χ2v) is 14.7. The third kappa shape index (κ3) is 4.93. The Morgan fingerprint density at radius 3 is 1.93 bits per heavy atom. The number of rotatable bonds is 4. The fourth-order valence-corrected chi connectivity index (χ4v) is 8.68. The molecule has 5 aromatic heterocycles. The van der Waals surface area contributed by atoms with Crippen molar-refractivity contribution in [2.24, 2.45) is 14.1 Å². The first-order valence-electron chi connectivity index (χ1n) is 18.7. The summed E-state index contributed by atoms with van der Waals surface area (Å²) in [5.74, 6) is 0. The van der Waals surface area contributed by atoms with Crippen molar-refractivity contribution in [3.63, 3.8) is 0 Å². The summed E-state index contributed by atoms with van der Waals surface area (Å²) in [5.41, 5.74) is 9.10. The molecule has 0 atom stereocenters. The van der Waals surface area contributed by atoms with E-state index in [-0.39, 0.29) is 5.63 Å². The van der Waals surface area contributed by atoms with E-state index in [1.54, 1.807) is 12.4 Å². The molecule has 0 spiro atoms. The molecule has 0 unspecified atom stereocenters. The quantitative estimate of drug-likeness (QED) is 0.132. The molecule has 0 amide bonds. The lowest BCUT2D eigenvalue weighted by molar-refractivity contribution is 0.562. The normalized spacial score (nSPS) is 11.9. The van der Waals surface area contributed by atoms with Gasteiger partial charge in [-0.15, -0.1) is 0 Å². The van der Waals surface area contributed by atoms with Crippen LogP contribution in [0.25, 0.3) is 110 Å². The molecule has 0 saturated carbocycles. The summed E-state index contributed by atoms with van der Waals surface area (Å²) < 4.78 is 16.0. The molecule has 6 aromatic carbocycles. The van der Waals surface area contributed by atoms with Crippen LogP contribution in [-0.2, 0) is 14.1 Å². The molecule has 8 nitrogen and oxygen atoms in total. The minimum absolute atomic E-state index is 0.367. The maximum absolute atomic E-state index is 13.4. The Morgan fingerprint density at radius 2 is 1.16 bits per heavy atom. The zero-order valence-corrected chi connectivity index (χ0v) is 31.2. The van der Waals surface area contributed by atoms with Crippen LogP contribution in [0.15, 0.2) is 158 Å². The predicted octanol–water partition coefficient (Wildman–Crippen LogP) is 11.0. The average Bonchev–Trinajstić information content (AvgIpc) is 3.76. The van der Waals surface area contributed by atoms with E-state index in [1.807, 2.05) is 86.8 Å². The molecule has 57 heavy (non-hydrogen) atoms. The van der Waals surface area contributed by atoms with Crippen molar-refractivity contribution in [1.82, 2.24) is 19.1 Å². The second kappa shape index (κ2) is 12.2. The van der Waals surface area contributed by atoms with Crippen molar-refractivity contribution in [3.05, 3.63) is 166 Å². The van der Waals surface area contributed by atoms with E-state index in [1.165, 1.54) is 0 Å². The molecular weight excluding hydrogens is 709 g/mol. The molecule has 272 valence electrons. The van der Waals surface area contributed by atoms with Crippen LogP contribution in [-0.4, -0.2) is 19.1 Å². The number of aryl methyl sites for hydroxylation is 2. The molecular formula is C49H32N4O4. The van der Waals surface area contributed by atoms with Crippen LogP contribution in [0, 0.1) is 6.92 Å². The van der Waals surface area contributed by atoms with Gasteiger partial charge in [0.15, 0.2) is 0 Å². The molecule has 11 aromatic rings. The molecule has 0 aliphatic heterocycles. The Labute approximate surface area is 324 Å². The molecule has 0 aliphatic carbocycles. The first-order chi connectivity index (χ1) is 27.8. The number of hydrogen-bond donors (Lipinski definition) is 0. The maximum Gasteiger partial charge on any atom is 0.346 e. The second-order valence-electron chi connectivity index (χ2n) is 14.7. The molecule has 11 rings (SSSR count). The highest BCUT2D eigenvalue weighted by molar-refractivity contribution is 6.11. The van der Waals surface area contributed by atoms with Gasteiger partial charge in [-0.1, -0.05) is 91.0 Å². The molecule has 0 radical (unpaired) electrons. The lowest BCUT2D eigenvalue weighted by Gasteiger charge is -2.10. The molecule has 0 N–H and O–H groups in total. The smallest absolute Gasteiger partial charge is 0.346 e. The summed E-state index contributed by atoms with van der Waals surface area (Å²) in [6.07, 6.45) is 3.37. The fourth-order valence-electron chi connectivity index (χ4n) is 8.68. The van der Waals surface area contributed by atoms with Crippen molar-refractivity contribution in [2.45, 2.75) is 6.92 Å². The Kier molecular flexibility index (Phi) is 7.03. The molecule has 0 aliphatic rings. The van der Waals surface area contributed by atoms with Crippen molar-refractivity contribution in [2.75, 3.05) is 0 Å². The van der Waals surface area contributed by atoms with Gasteiger partial charge in [0, 0.05) is 68.9 Å². The van der Waals surface area contributed by atoms with Gasteiger partial charge in [-0.05, 0) is 65.0 Å². The van der Waals surface area contributed by atoms with E-state index in [9.17, 15) is 9.59 Å².